The second-order valence-corrected chi connectivity index (χ2v) is 5.69. The molecule has 2 rings (SSSR count). The molecule has 0 radical (unpaired) electrons. The van der Waals surface area contributed by atoms with E-state index in [1.165, 1.54) is 17.3 Å². The number of thiophene rings is 1. The van der Waals surface area contributed by atoms with E-state index in [-0.39, 0.29) is 17.1 Å². The van der Waals surface area contributed by atoms with Gasteiger partial charge in [0.1, 0.15) is 10.8 Å². The van der Waals surface area contributed by atoms with E-state index in [9.17, 15) is 4.79 Å². The lowest BCUT2D eigenvalue weighted by molar-refractivity contribution is 0.0737. The summed E-state index contributed by atoms with van der Waals surface area (Å²) in [6.07, 6.45) is 3.62. The van der Waals surface area contributed by atoms with Crippen LogP contribution in [-0.2, 0) is 6.42 Å². The van der Waals surface area contributed by atoms with E-state index in [0.717, 1.165) is 6.42 Å². The standard InChI is InChI=1S/C13H14ClN3OS/c1-9(6-10-4-3-5-19-10)17(2)13(18)11-7-16-12(14)8-15-11/h3-5,7-9H,6H2,1-2H3. The van der Waals surface area contributed by atoms with Crippen LogP contribution in [-0.4, -0.2) is 33.9 Å². The number of rotatable bonds is 4. The van der Waals surface area contributed by atoms with Crippen molar-refractivity contribution in [3.63, 3.8) is 0 Å². The van der Waals surface area contributed by atoms with Crippen LogP contribution in [0.25, 0.3) is 0 Å². The summed E-state index contributed by atoms with van der Waals surface area (Å²) in [6.45, 7) is 2.01. The van der Waals surface area contributed by atoms with Crippen LogP contribution in [0.5, 0.6) is 0 Å². The summed E-state index contributed by atoms with van der Waals surface area (Å²) in [6, 6.07) is 4.18. The Hall–Kier alpha value is -1.46. The van der Waals surface area contributed by atoms with Crippen molar-refractivity contribution >= 4 is 28.8 Å². The molecule has 0 aliphatic heterocycles. The monoisotopic (exact) mass is 295 g/mol. The lowest BCUT2D eigenvalue weighted by Gasteiger charge is -2.24. The minimum atomic E-state index is -0.145. The molecule has 1 unspecified atom stereocenters. The van der Waals surface area contributed by atoms with Crippen molar-refractivity contribution in [3.05, 3.63) is 45.6 Å². The van der Waals surface area contributed by atoms with Gasteiger partial charge in [-0.05, 0) is 18.4 Å². The van der Waals surface area contributed by atoms with Crippen LogP contribution >= 0.6 is 22.9 Å². The number of aromatic nitrogens is 2. The lowest BCUT2D eigenvalue weighted by atomic mass is 10.2. The Kier molecular flexibility index (Phi) is 4.50. The van der Waals surface area contributed by atoms with Crippen LogP contribution in [0.4, 0.5) is 0 Å². The van der Waals surface area contributed by atoms with Gasteiger partial charge in [-0.15, -0.1) is 11.3 Å². The Morgan fingerprint density at radius 3 is 2.84 bits per heavy atom. The largest absolute Gasteiger partial charge is 0.337 e. The number of carbonyl (C=O) groups is 1. The molecule has 0 aliphatic rings. The van der Waals surface area contributed by atoms with Crippen molar-refractivity contribution < 1.29 is 4.79 Å². The number of hydrogen-bond donors (Lipinski definition) is 0. The molecule has 2 heterocycles. The number of halogens is 1. The van der Waals surface area contributed by atoms with Crippen molar-refractivity contribution in [2.45, 2.75) is 19.4 Å². The molecule has 19 heavy (non-hydrogen) atoms. The van der Waals surface area contributed by atoms with E-state index in [1.807, 2.05) is 18.4 Å². The first-order chi connectivity index (χ1) is 9.08. The van der Waals surface area contributed by atoms with Crippen molar-refractivity contribution in [1.82, 2.24) is 14.9 Å². The first-order valence-corrected chi connectivity index (χ1v) is 7.11. The summed E-state index contributed by atoms with van der Waals surface area (Å²) >= 11 is 7.35. The van der Waals surface area contributed by atoms with Crippen LogP contribution in [0.15, 0.2) is 29.9 Å². The van der Waals surface area contributed by atoms with Crippen LogP contribution in [0.2, 0.25) is 5.15 Å². The van der Waals surface area contributed by atoms with Crippen molar-refractivity contribution in [3.8, 4) is 0 Å². The molecular formula is C13H14ClN3OS. The molecule has 4 nitrogen and oxygen atoms in total. The molecule has 2 aromatic heterocycles. The Bertz CT molecular complexity index is 542. The second kappa shape index (κ2) is 6.12. The number of carbonyl (C=O) groups excluding carboxylic acids is 1. The predicted octanol–water partition coefficient (Wildman–Crippen LogP) is 2.89. The highest BCUT2D eigenvalue weighted by molar-refractivity contribution is 7.09. The van der Waals surface area contributed by atoms with E-state index >= 15 is 0 Å². The smallest absolute Gasteiger partial charge is 0.274 e. The maximum absolute atomic E-state index is 12.2. The average Bonchev–Trinajstić information content (AvgIpc) is 2.90. The molecule has 0 aliphatic carbocycles. The summed E-state index contributed by atoms with van der Waals surface area (Å²) in [5, 5.41) is 2.32. The summed E-state index contributed by atoms with van der Waals surface area (Å²) in [4.78, 5) is 23.0. The highest BCUT2D eigenvalue weighted by Gasteiger charge is 2.19. The summed E-state index contributed by atoms with van der Waals surface area (Å²) in [5.41, 5.74) is 0.310. The number of likely N-dealkylation sites (N-methyl/N-ethyl adjacent to an activating group) is 1. The quantitative estimate of drug-likeness (QED) is 0.871. The van der Waals surface area contributed by atoms with Gasteiger partial charge in [-0.2, -0.15) is 0 Å². The predicted molar refractivity (Wildman–Crippen MR) is 76.6 cm³/mol. The van der Waals surface area contributed by atoms with Gasteiger partial charge in [-0.25, -0.2) is 9.97 Å². The van der Waals surface area contributed by atoms with Crippen molar-refractivity contribution in [2.24, 2.45) is 0 Å². The fourth-order valence-corrected chi connectivity index (χ4v) is 2.58. The Morgan fingerprint density at radius 1 is 1.47 bits per heavy atom. The second-order valence-electron chi connectivity index (χ2n) is 4.27. The Balaban J connectivity index is 2.04. The third-order valence-electron chi connectivity index (χ3n) is 2.90. The molecule has 1 atom stereocenters. The van der Waals surface area contributed by atoms with Gasteiger partial charge in [0.25, 0.3) is 5.91 Å². The molecule has 0 saturated carbocycles. The van der Waals surface area contributed by atoms with E-state index in [1.54, 1.807) is 23.3 Å². The van der Waals surface area contributed by atoms with Crippen LogP contribution in [0.1, 0.15) is 22.3 Å². The van der Waals surface area contributed by atoms with Gasteiger partial charge in [0.2, 0.25) is 0 Å². The highest BCUT2D eigenvalue weighted by Crippen LogP contribution is 2.14. The average molecular weight is 296 g/mol. The molecule has 0 bridgehead atoms. The fraction of sp³-hybridized carbons (Fsp3) is 0.308. The van der Waals surface area contributed by atoms with Gasteiger partial charge in [0.15, 0.2) is 0 Å². The SMILES string of the molecule is CC(Cc1cccs1)N(C)C(=O)c1cnc(Cl)cn1. The lowest BCUT2D eigenvalue weighted by Crippen LogP contribution is -2.36. The molecule has 6 heteroatoms. The van der Waals surface area contributed by atoms with Gasteiger partial charge in [-0.1, -0.05) is 17.7 Å². The van der Waals surface area contributed by atoms with E-state index in [4.69, 9.17) is 11.6 Å². The first-order valence-electron chi connectivity index (χ1n) is 5.85. The first kappa shape index (κ1) is 14.0. The van der Waals surface area contributed by atoms with Gasteiger partial charge in [0.05, 0.1) is 12.4 Å². The van der Waals surface area contributed by atoms with Gasteiger partial charge >= 0.3 is 0 Å². The number of amides is 1. The van der Waals surface area contributed by atoms with Crippen LogP contribution in [0, 0.1) is 0 Å². The molecule has 0 aromatic carbocycles. The van der Waals surface area contributed by atoms with Crippen LogP contribution < -0.4 is 0 Å². The Morgan fingerprint density at radius 2 is 2.26 bits per heavy atom. The Labute approximate surface area is 121 Å². The zero-order chi connectivity index (χ0) is 13.8. The molecule has 0 N–H and O–H groups in total. The molecule has 1 amide bonds. The third kappa shape index (κ3) is 3.52. The normalized spacial score (nSPS) is 12.2. The zero-order valence-electron chi connectivity index (χ0n) is 10.7. The molecule has 100 valence electrons. The number of hydrogen-bond acceptors (Lipinski definition) is 4. The van der Waals surface area contributed by atoms with Gasteiger partial charge < -0.3 is 4.90 Å². The van der Waals surface area contributed by atoms with E-state index < -0.39 is 0 Å². The van der Waals surface area contributed by atoms with E-state index in [2.05, 4.69) is 16.0 Å². The molecular weight excluding hydrogens is 282 g/mol. The van der Waals surface area contributed by atoms with Crippen molar-refractivity contribution in [2.75, 3.05) is 7.05 Å². The van der Waals surface area contributed by atoms with Crippen molar-refractivity contribution in [1.29, 1.82) is 0 Å². The maximum Gasteiger partial charge on any atom is 0.274 e. The van der Waals surface area contributed by atoms with Gasteiger partial charge in [-0.3, -0.25) is 4.79 Å². The minimum absolute atomic E-state index is 0.101. The maximum atomic E-state index is 12.2. The minimum Gasteiger partial charge on any atom is -0.337 e. The molecule has 0 spiro atoms. The highest BCUT2D eigenvalue weighted by atomic mass is 35.5. The zero-order valence-corrected chi connectivity index (χ0v) is 12.3. The molecule has 0 fully saturated rings. The topological polar surface area (TPSA) is 46.1 Å². The molecule has 2 aromatic rings. The molecule has 0 saturated heterocycles. The van der Waals surface area contributed by atoms with Crippen LogP contribution in [0.3, 0.4) is 0 Å². The van der Waals surface area contributed by atoms with Gasteiger partial charge in [0, 0.05) is 24.4 Å². The number of nitrogens with zero attached hydrogens (tertiary/aromatic N) is 3. The fourth-order valence-electron chi connectivity index (χ4n) is 1.66. The summed E-state index contributed by atoms with van der Waals surface area (Å²) in [5.74, 6) is -0.145. The summed E-state index contributed by atoms with van der Waals surface area (Å²) in [7, 11) is 1.77. The summed E-state index contributed by atoms with van der Waals surface area (Å²) < 4.78 is 0. The third-order valence-corrected chi connectivity index (χ3v) is 3.99. The van der Waals surface area contributed by atoms with E-state index in [0.29, 0.717) is 5.69 Å².